The third kappa shape index (κ3) is 5.99. The van der Waals surface area contributed by atoms with E-state index in [1.807, 2.05) is 19.1 Å². The number of ether oxygens (including phenoxy) is 1. The lowest BCUT2D eigenvalue weighted by molar-refractivity contribution is -0.151. The predicted molar refractivity (Wildman–Crippen MR) is 119 cm³/mol. The smallest absolute Gasteiger partial charge is 0.311 e. The Morgan fingerprint density at radius 2 is 1.81 bits per heavy atom. The van der Waals surface area contributed by atoms with Gasteiger partial charge in [0.15, 0.2) is 6.61 Å². The first-order chi connectivity index (χ1) is 15.3. The Morgan fingerprint density at radius 3 is 2.47 bits per heavy atom. The Balaban J connectivity index is 1.48. The van der Waals surface area contributed by atoms with Crippen molar-refractivity contribution in [2.45, 2.75) is 19.8 Å². The molecule has 2 aromatic rings. The van der Waals surface area contributed by atoms with Gasteiger partial charge in [-0.2, -0.15) is 0 Å². The fraction of sp³-hybridized carbons (Fsp3) is 0.273. The van der Waals surface area contributed by atoms with Crippen molar-refractivity contribution in [2.75, 3.05) is 18.5 Å². The summed E-state index contributed by atoms with van der Waals surface area (Å²) in [6, 6.07) is 11.6. The van der Waals surface area contributed by atoms with E-state index in [1.54, 1.807) is 12.1 Å². The standard InChI is InChI=1S/C22H21Cl2N3O5/c1-2-13-3-6-16(7-4-13)25-19(28)12-32-22(31)15-10-20(29)27(11-15)26-21(30)14-5-8-17(23)18(24)9-14/h3-9,15H,2,10-12H2,1H3,(H,25,28)(H,26,30)/t15-/m1/s1. The first-order valence-electron chi connectivity index (χ1n) is 9.88. The molecule has 0 bridgehead atoms. The summed E-state index contributed by atoms with van der Waals surface area (Å²) < 4.78 is 5.05. The van der Waals surface area contributed by atoms with E-state index in [0.29, 0.717) is 10.7 Å². The zero-order valence-electron chi connectivity index (χ0n) is 17.2. The van der Waals surface area contributed by atoms with Crippen molar-refractivity contribution in [2.24, 2.45) is 5.92 Å². The largest absolute Gasteiger partial charge is 0.455 e. The molecule has 0 saturated carbocycles. The number of benzene rings is 2. The minimum Gasteiger partial charge on any atom is -0.455 e. The van der Waals surface area contributed by atoms with Gasteiger partial charge < -0.3 is 10.1 Å². The summed E-state index contributed by atoms with van der Waals surface area (Å²) in [6.07, 6.45) is 0.747. The van der Waals surface area contributed by atoms with Crippen LogP contribution in [0.2, 0.25) is 10.0 Å². The van der Waals surface area contributed by atoms with Crippen molar-refractivity contribution in [3.8, 4) is 0 Å². The van der Waals surface area contributed by atoms with Gasteiger partial charge in [-0.1, -0.05) is 42.3 Å². The van der Waals surface area contributed by atoms with Crippen molar-refractivity contribution in [3.05, 3.63) is 63.6 Å². The quantitative estimate of drug-likeness (QED) is 0.595. The number of hydrogen-bond acceptors (Lipinski definition) is 5. The van der Waals surface area contributed by atoms with E-state index >= 15 is 0 Å². The van der Waals surface area contributed by atoms with Crippen molar-refractivity contribution in [1.29, 1.82) is 0 Å². The molecule has 0 unspecified atom stereocenters. The molecule has 32 heavy (non-hydrogen) atoms. The topological polar surface area (TPSA) is 105 Å². The van der Waals surface area contributed by atoms with Gasteiger partial charge in [0.2, 0.25) is 5.91 Å². The van der Waals surface area contributed by atoms with E-state index in [9.17, 15) is 19.2 Å². The molecule has 2 N–H and O–H groups in total. The van der Waals surface area contributed by atoms with E-state index < -0.39 is 36.2 Å². The van der Waals surface area contributed by atoms with Crippen LogP contribution in [0.3, 0.4) is 0 Å². The molecule has 1 aliphatic rings. The minimum absolute atomic E-state index is 0.0647. The van der Waals surface area contributed by atoms with Gasteiger partial charge in [-0.3, -0.25) is 29.6 Å². The first kappa shape index (κ1) is 23.6. The molecule has 168 valence electrons. The van der Waals surface area contributed by atoms with Crippen LogP contribution in [0.25, 0.3) is 0 Å². The number of carbonyl (C=O) groups is 4. The fourth-order valence-corrected chi connectivity index (χ4v) is 3.37. The molecule has 1 aliphatic heterocycles. The van der Waals surface area contributed by atoms with Crippen molar-refractivity contribution in [3.63, 3.8) is 0 Å². The second-order valence-corrected chi connectivity index (χ2v) is 8.00. The van der Waals surface area contributed by atoms with Gasteiger partial charge in [-0.05, 0) is 42.3 Å². The van der Waals surface area contributed by atoms with Crippen molar-refractivity contribution >= 4 is 52.6 Å². The van der Waals surface area contributed by atoms with Gasteiger partial charge in [0.1, 0.15) is 0 Å². The van der Waals surface area contributed by atoms with Crippen LogP contribution in [0, 0.1) is 5.92 Å². The summed E-state index contributed by atoms with van der Waals surface area (Å²) in [6.45, 7) is 1.49. The molecular weight excluding hydrogens is 457 g/mol. The molecule has 0 radical (unpaired) electrons. The second-order valence-electron chi connectivity index (χ2n) is 7.18. The highest BCUT2D eigenvalue weighted by Gasteiger charge is 2.36. The Bertz CT molecular complexity index is 1040. The number of nitrogens with zero attached hydrogens (tertiary/aromatic N) is 1. The molecule has 0 spiro atoms. The average molecular weight is 478 g/mol. The number of aryl methyl sites for hydroxylation is 1. The number of hydrazine groups is 1. The highest BCUT2D eigenvalue weighted by atomic mass is 35.5. The second kappa shape index (κ2) is 10.5. The number of amides is 3. The number of carbonyl (C=O) groups excluding carboxylic acids is 4. The number of halogens is 2. The Kier molecular flexibility index (Phi) is 7.71. The summed E-state index contributed by atoms with van der Waals surface area (Å²) in [7, 11) is 0. The Morgan fingerprint density at radius 1 is 1.09 bits per heavy atom. The van der Waals surface area contributed by atoms with E-state index in [1.165, 1.54) is 18.2 Å². The van der Waals surface area contributed by atoms with E-state index in [2.05, 4.69) is 10.7 Å². The van der Waals surface area contributed by atoms with Gasteiger partial charge in [0, 0.05) is 17.7 Å². The summed E-state index contributed by atoms with van der Waals surface area (Å²) in [4.78, 5) is 48.8. The predicted octanol–water partition coefficient (Wildman–Crippen LogP) is 3.23. The molecule has 0 aliphatic carbocycles. The highest BCUT2D eigenvalue weighted by Crippen LogP contribution is 2.23. The third-order valence-corrected chi connectivity index (χ3v) is 5.61. The lowest BCUT2D eigenvalue weighted by Gasteiger charge is -2.17. The van der Waals surface area contributed by atoms with E-state index in [0.717, 1.165) is 17.0 Å². The van der Waals surface area contributed by atoms with Crippen molar-refractivity contribution in [1.82, 2.24) is 10.4 Å². The average Bonchev–Trinajstić information content (AvgIpc) is 3.14. The number of esters is 1. The van der Waals surface area contributed by atoms with Crippen LogP contribution in [0.15, 0.2) is 42.5 Å². The van der Waals surface area contributed by atoms with Gasteiger partial charge in [-0.25, -0.2) is 0 Å². The molecule has 1 heterocycles. The summed E-state index contributed by atoms with van der Waals surface area (Å²) in [5.41, 5.74) is 4.38. The lowest BCUT2D eigenvalue weighted by Crippen LogP contribution is -2.43. The normalized spacial score (nSPS) is 15.4. The Hall–Kier alpha value is -3.10. The maximum absolute atomic E-state index is 12.3. The monoisotopic (exact) mass is 477 g/mol. The molecule has 0 aromatic heterocycles. The maximum atomic E-state index is 12.3. The summed E-state index contributed by atoms with van der Waals surface area (Å²) in [5, 5.41) is 4.19. The van der Waals surface area contributed by atoms with Crippen LogP contribution >= 0.6 is 23.2 Å². The zero-order valence-corrected chi connectivity index (χ0v) is 18.7. The highest BCUT2D eigenvalue weighted by molar-refractivity contribution is 6.42. The summed E-state index contributed by atoms with van der Waals surface area (Å²) >= 11 is 11.7. The van der Waals surface area contributed by atoms with Crippen molar-refractivity contribution < 1.29 is 23.9 Å². The van der Waals surface area contributed by atoms with E-state index in [4.69, 9.17) is 27.9 Å². The summed E-state index contributed by atoms with van der Waals surface area (Å²) in [5.74, 6) is -2.99. The number of rotatable bonds is 7. The van der Waals surface area contributed by atoms with Crippen LogP contribution in [0.5, 0.6) is 0 Å². The van der Waals surface area contributed by atoms with Gasteiger partial charge in [-0.15, -0.1) is 0 Å². The van der Waals surface area contributed by atoms with Crippen LogP contribution in [0.4, 0.5) is 5.69 Å². The lowest BCUT2D eigenvalue weighted by atomic mass is 10.1. The SMILES string of the molecule is CCc1ccc(NC(=O)COC(=O)[C@@H]2CC(=O)N(NC(=O)c3ccc(Cl)c(Cl)c3)C2)cc1. The van der Waals surface area contributed by atoms with Gasteiger partial charge in [0.05, 0.1) is 22.5 Å². The molecular formula is C22H21Cl2N3O5. The number of nitrogens with one attached hydrogen (secondary N) is 2. The van der Waals surface area contributed by atoms with Crippen LogP contribution in [-0.4, -0.2) is 41.9 Å². The third-order valence-electron chi connectivity index (χ3n) is 4.87. The molecule has 2 aromatic carbocycles. The number of hydrogen-bond donors (Lipinski definition) is 2. The molecule has 3 amide bonds. The molecule has 1 atom stereocenters. The van der Waals surface area contributed by atoms with Crippen LogP contribution < -0.4 is 10.7 Å². The van der Waals surface area contributed by atoms with Crippen LogP contribution in [-0.2, 0) is 25.5 Å². The maximum Gasteiger partial charge on any atom is 0.311 e. The van der Waals surface area contributed by atoms with Gasteiger partial charge in [0.25, 0.3) is 11.8 Å². The fourth-order valence-electron chi connectivity index (χ4n) is 3.07. The molecule has 1 saturated heterocycles. The first-order valence-corrected chi connectivity index (χ1v) is 10.6. The molecule has 10 heteroatoms. The van der Waals surface area contributed by atoms with Crippen LogP contribution in [0.1, 0.15) is 29.3 Å². The zero-order chi connectivity index (χ0) is 23.3. The van der Waals surface area contributed by atoms with E-state index in [-0.39, 0.29) is 23.6 Å². The number of anilines is 1. The minimum atomic E-state index is -0.798. The Labute approximate surface area is 194 Å². The van der Waals surface area contributed by atoms with Gasteiger partial charge >= 0.3 is 5.97 Å². The molecule has 8 nitrogen and oxygen atoms in total. The molecule has 3 rings (SSSR count). The molecule has 1 fully saturated rings.